The number of hydrogen-bond acceptors (Lipinski definition) is 7. The van der Waals surface area contributed by atoms with E-state index in [0.29, 0.717) is 17.3 Å². The van der Waals surface area contributed by atoms with E-state index in [2.05, 4.69) is 29.2 Å². The molecule has 4 aromatic carbocycles. The fourth-order valence-electron chi connectivity index (χ4n) is 4.98. The minimum Gasteiger partial charge on any atom is -0.497 e. The zero-order valence-electron chi connectivity index (χ0n) is 21.6. The lowest BCUT2D eigenvalue weighted by Gasteiger charge is -2.22. The number of fused-ring (bicyclic) bond motifs is 2. The number of hydrogen-bond donors (Lipinski definition) is 0. The van der Waals surface area contributed by atoms with Crippen molar-refractivity contribution in [1.82, 2.24) is 9.99 Å². The average molecular weight is 533 g/mol. The predicted octanol–water partition coefficient (Wildman–Crippen LogP) is 6.06. The number of aromatic nitrogens is 1. The maximum Gasteiger partial charge on any atom is 0.281 e. The largest absolute Gasteiger partial charge is 0.497 e. The molecule has 1 aliphatic heterocycles. The van der Waals surface area contributed by atoms with Crippen LogP contribution in [0, 0.1) is 10.1 Å². The van der Waals surface area contributed by atoms with Crippen molar-refractivity contribution >= 4 is 39.0 Å². The van der Waals surface area contributed by atoms with Crippen LogP contribution < -0.4 is 9.47 Å². The quantitative estimate of drug-likeness (QED) is 0.186. The van der Waals surface area contributed by atoms with E-state index in [0.717, 1.165) is 33.4 Å². The van der Waals surface area contributed by atoms with Crippen LogP contribution in [0.1, 0.15) is 23.6 Å². The Morgan fingerprint density at radius 1 is 1.00 bits per heavy atom. The van der Waals surface area contributed by atoms with Gasteiger partial charge in [-0.25, -0.2) is 5.01 Å². The van der Waals surface area contributed by atoms with Gasteiger partial charge in [0, 0.05) is 18.7 Å². The summed E-state index contributed by atoms with van der Waals surface area (Å²) in [5.74, 6) is 0.656. The second kappa shape index (κ2) is 10.5. The van der Waals surface area contributed by atoms with Crippen molar-refractivity contribution < 1.29 is 19.2 Å². The normalized spacial score (nSPS) is 14.8. The molecular formula is C31H24N4O5. The summed E-state index contributed by atoms with van der Waals surface area (Å²) in [6, 6.07) is 27.5. The maximum atomic E-state index is 13.6. The molecule has 1 aromatic heterocycles. The van der Waals surface area contributed by atoms with Gasteiger partial charge in [0.2, 0.25) is 0 Å². The van der Waals surface area contributed by atoms with E-state index < -0.39 is 4.92 Å². The number of nitro groups is 1. The maximum absolute atomic E-state index is 13.6. The fraction of sp³-hybridized carbons (Fsp3) is 0.129. The molecule has 1 amide bonds. The number of nitro benzene ring substituents is 1. The molecule has 1 aliphatic rings. The number of ether oxygens (including phenoxy) is 2. The van der Waals surface area contributed by atoms with Gasteiger partial charge >= 0.3 is 0 Å². The Hall–Kier alpha value is -5.31. The molecule has 6 rings (SSSR count). The van der Waals surface area contributed by atoms with E-state index in [-0.39, 0.29) is 30.0 Å². The van der Waals surface area contributed by atoms with Crippen LogP contribution in [-0.2, 0) is 4.79 Å². The third-order valence-electron chi connectivity index (χ3n) is 7.01. The molecule has 198 valence electrons. The summed E-state index contributed by atoms with van der Waals surface area (Å²) in [4.78, 5) is 28.8. The second-order valence-corrected chi connectivity index (χ2v) is 9.37. The fourth-order valence-corrected chi connectivity index (χ4v) is 4.98. The van der Waals surface area contributed by atoms with Crippen LogP contribution in [0.3, 0.4) is 0 Å². The number of pyridine rings is 1. The first-order valence-corrected chi connectivity index (χ1v) is 12.7. The van der Waals surface area contributed by atoms with Crippen LogP contribution in [0.2, 0.25) is 0 Å². The molecule has 0 saturated heterocycles. The lowest BCUT2D eigenvalue weighted by molar-refractivity contribution is -0.383. The van der Waals surface area contributed by atoms with Crippen LogP contribution in [0.4, 0.5) is 5.69 Å². The van der Waals surface area contributed by atoms with E-state index >= 15 is 0 Å². The van der Waals surface area contributed by atoms with Crippen LogP contribution in [0.5, 0.6) is 11.5 Å². The second-order valence-electron chi connectivity index (χ2n) is 9.37. The van der Waals surface area contributed by atoms with Gasteiger partial charge in [0.1, 0.15) is 17.0 Å². The van der Waals surface area contributed by atoms with Gasteiger partial charge in [-0.2, -0.15) is 5.10 Å². The zero-order chi connectivity index (χ0) is 27.6. The van der Waals surface area contributed by atoms with E-state index in [1.165, 1.54) is 23.3 Å². The minimum absolute atomic E-state index is 0.0782. The van der Waals surface area contributed by atoms with Crippen LogP contribution in [0.15, 0.2) is 102 Å². The number of carbonyl (C=O) groups excluding carboxylic acids is 1. The number of hydrazone groups is 1. The first kappa shape index (κ1) is 25.0. The lowest BCUT2D eigenvalue weighted by atomic mass is 9.97. The number of amides is 1. The van der Waals surface area contributed by atoms with E-state index in [9.17, 15) is 14.9 Å². The van der Waals surface area contributed by atoms with Crippen molar-refractivity contribution in [1.29, 1.82) is 0 Å². The van der Waals surface area contributed by atoms with Gasteiger partial charge in [-0.15, -0.1) is 0 Å². The summed E-state index contributed by atoms with van der Waals surface area (Å²) in [6.07, 6.45) is 2.06. The summed E-state index contributed by atoms with van der Waals surface area (Å²) >= 11 is 0. The Labute approximate surface area is 229 Å². The van der Waals surface area contributed by atoms with Gasteiger partial charge in [-0.1, -0.05) is 48.5 Å². The van der Waals surface area contributed by atoms with Crippen LogP contribution in [0.25, 0.3) is 21.7 Å². The third-order valence-corrected chi connectivity index (χ3v) is 7.01. The molecule has 0 spiro atoms. The summed E-state index contributed by atoms with van der Waals surface area (Å²) in [5, 5.41) is 20.2. The number of carbonyl (C=O) groups is 1. The molecule has 9 heteroatoms. The molecule has 5 aromatic rings. The first-order valence-electron chi connectivity index (χ1n) is 12.7. The van der Waals surface area contributed by atoms with Gasteiger partial charge in [-0.05, 0) is 58.3 Å². The van der Waals surface area contributed by atoms with Crippen molar-refractivity contribution in [3.63, 3.8) is 0 Å². The highest BCUT2D eigenvalue weighted by Gasteiger charge is 2.33. The Balaban J connectivity index is 1.31. The van der Waals surface area contributed by atoms with Crippen LogP contribution in [-0.4, -0.2) is 40.3 Å². The van der Waals surface area contributed by atoms with E-state index in [1.54, 1.807) is 19.2 Å². The smallest absolute Gasteiger partial charge is 0.281 e. The molecule has 0 bridgehead atoms. The first-order chi connectivity index (χ1) is 19.5. The number of rotatable bonds is 7. The molecular weight excluding hydrogens is 508 g/mol. The van der Waals surface area contributed by atoms with Crippen molar-refractivity contribution in [3.05, 3.63) is 118 Å². The van der Waals surface area contributed by atoms with Gasteiger partial charge in [0.15, 0.2) is 6.61 Å². The molecule has 1 atom stereocenters. The summed E-state index contributed by atoms with van der Waals surface area (Å²) in [5.41, 5.74) is 2.89. The number of nitrogens with zero attached hydrogens (tertiary/aromatic N) is 4. The Morgan fingerprint density at radius 3 is 2.58 bits per heavy atom. The van der Waals surface area contributed by atoms with E-state index in [1.807, 2.05) is 42.5 Å². The van der Waals surface area contributed by atoms with Crippen molar-refractivity contribution in [2.24, 2.45) is 5.10 Å². The van der Waals surface area contributed by atoms with Gasteiger partial charge in [-0.3, -0.25) is 19.9 Å². The van der Waals surface area contributed by atoms with Crippen molar-refractivity contribution in [2.45, 2.75) is 12.5 Å². The molecule has 0 N–H and O–H groups in total. The average Bonchev–Trinajstić information content (AvgIpc) is 3.45. The monoisotopic (exact) mass is 532 g/mol. The van der Waals surface area contributed by atoms with Gasteiger partial charge in [0.05, 0.1) is 29.2 Å². The standard InChI is InChI=1S/C31H24N4O5/c1-39-24-12-10-21(11-13-24)28-18-26(23-9-8-20-5-2-3-6-22(20)17-23)33-34(28)30(36)19-40-29-15-14-27(35(37)38)25-7-4-16-32-31(25)29/h2-17,28H,18-19H2,1H3. The molecule has 1 unspecified atom stereocenters. The van der Waals surface area contributed by atoms with Crippen LogP contribution >= 0.6 is 0 Å². The van der Waals surface area contributed by atoms with Crippen molar-refractivity contribution in [3.8, 4) is 11.5 Å². The lowest BCUT2D eigenvalue weighted by Crippen LogP contribution is -2.31. The number of non-ortho nitro benzene ring substituents is 1. The van der Waals surface area contributed by atoms with E-state index in [4.69, 9.17) is 14.6 Å². The topological polar surface area (TPSA) is 107 Å². The third kappa shape index (κ3) is 4.69. The zero-order valence-corrected chi connectivity index (χ0v) is 21.6. The highest BCUT2D eigenvalue weighted by Crippen LogP contribution is 2.35. The molecule has 0 radical (unpaired) electrons. The number of methoxy groups -OCH3 is 1. The molecule has 2 heterocycles. The SMILES string of the molecule is COc1ccc(C2CC(c3ccc4ccccc4c3)=NN2C(=O)COc2ccc([N+](=O)[O-])c3cccnc23)cc1. The molecule has 0 saturated carbocycles. The highest BCUT2D eigenvalue weighted by molar-refractivity contribution is 6.05. The minimum atomic E-state index is -0.467. The van der Waals surface area contributed by atoms with Gasteiger partial charge < -0.3 is 9.47 Å². The Morgan fingerprint density at radius 2 is 1.80 bits per heavy atom. The predicted molar refractivity (Wildman–Crippen MR) is 152 cm³/mol. The van der Waals surface area contributed by atoms with Crippen molar-refractivity contribution in [2.75, 3.05) is 13.7 Å². The molecule has 0 aliphatic carbocycles. The highest BCUT2D eigenvalue weighted by atomic mass is 16.6. The molecule has 40 heavy (non-hydrogen) atoms. The number of benzene rings is 4. The summed E-state index contributed by atoms with van der Waals surface area (Å²) < 4.78 is 11.2. The Bertz CT molecular complexity index is 1780. The Kier molecular flexibility index (Phi) is 6.53. The summed E-state index contributed by atoms with van der Waals surface area (Å²) in [6.45, 7) is -0.315. The molecule has 9 nitrogen and oxygen atoms in total. The van der Waals surface area contributed by atoms with Gasteiger partial charge in [0.25, 0.3) is 11.6 Å². The molecule has 0 fully saturated rings. The summed E-state index contributed by atoms with van der Waals surface area (Å²) in [7, 11) is 1.61.